The molecule has 1 aromatic rings. The molecule has 0 bridgehead atoms. The van der Waals surface area contributed by atoms with Crippen molar-refractivity contribution in [3.63, 3.8) is 0 Å². The minimum atomic E-state index is 0.0553. The van der Waals surface area contributed by atoms with Gasteiger partial charge < -0.3 is 19.1 Å². The van der Waals surface area contributed by atoms with Crippen molar-refractivity contribution >= 4 is 0 Å². The van der Waals surface area contributed by atoms with Gasteiger partial charge in [0.05, 0.1) is 20.8 Å². The monoisotopic (exact) mass is 334 g/mol. The summed E-state index contributed by atoms with van der Waals surface area (Å²) in [6, 6.07) is 8.30. The Bertz CT molecular complexity index is 508. The number of likely N-dealkylation sites (tertiary alicyclic amines) is 1. The van der Waals surface area contributed by atoms with Gasteiger partial charge in [-0.3, -0.25) is 5.32 Å². The average Bonchev–Trinajstić information content (AvgIpc) is 3.23. The molecule has 1 saturated carbocycles. The predicted octanol–water partition coefficient (Wildman–Crippen LogP) is 2.51. The Balaban J connectivity index is 0.000000150. The van der Waals surface area contributed by atoms with Crippen LogP contribution in [0.3, 0.4) is 0 Å². The standard InChI is InChI=1S/C11H20N2O.C8H10O2/c1-13-6-3-9-2-4-11(8-10(9)13)12-5-7-14-11;1-9-7-5-3-4-6-8(7)10-2/h9-10,12H,2-8H2,1H3;3-6H,1-2H3. The van der Waals surface area contributed by atoms with Crippen LogP contribution in [0.25, 0.3) is 0 Å². The van der Waals surface area contributed by atoms with Crippen molar-refractivity contribution in [2.45, 2.75) is 37.5 Å². The third-order valence-corrected chi connectivity index (χ3v) is 5.64. The van der Waals surface area contributed by atoms with Crippen LogP contribution in [0.15, 0.2) is 24.3 Å². The van der Waals surface area contributed by atoms with Crippen molar-refractivity contribution in [2.75, 3.05) is 41.0 Å². The zero-order valence-electron chi connectivity index (χ0n) is 15.1. The maximum absolute atomic E-state index is 5.90. The largest absolute Gasteiger partial charge is 0.493 e. The Morgan fingerprint density at radius 1 is 1.17 bits per heavy atom. The second-order valence-electron chi connectivity index (χ2n) is 6.96. The lowest BCUT2D eigenvalue weighted by Gasteiger charge is -2.41. The quantitative estimate of drug-likeness (QED) is 0.900. The number of hydrogen-bond acceptors (Lipinski definition) is 5. The van der Waals surface area contributed by atoms with Crippen molar-refractivity contribution < 1.29 is 14.2 Å². The number of nitrogens with zero attached hydrogens (tertiary/aromatic N) is 1. The Kier molecular flexibility index (Phi) is 5.64. The van der Waals surface area contributed by atoms with Gasteiger partial charge in [-0.05, 0) is 50.9 Å². The SMILES string of the molecule is CN1CCC2CCC3(CC21)NCCO3.COc1ccccc1OC. The van der Waals surface area contributed by atoms with Gasteiger partial charge in [0.15, 0.2) is 11.5 Å². The Morgan fingerprint density at radius 3 is 2.46 bits per heavy atom. The number of methoxy groups -OCH3 is 2. The first-order valence-corrected chi connectivity index (χ1v) is 8.94. The second-order valence-corrected chi connectivity index (χ2v) is 6.96. The van der Waals surface area contributed by atoms with E-state index in [1.165, 1.54) is 32.2 Å². The van der Waals surface area contributed by atoms with E-state index in [2.05, 4.69) is 17.3 Å². The number of ether oxygens (including phenoxy) is 3. The number of para-hydroxylation sites is 2. The molecule has 3 fully saturated rings. The van der Waals surface area contributed by atoms with Crippen LogP contribution in [0.1, 0.15) is 25.7 Å². The molecule has 2 heterocycles. The molecule has 3 unspecified atom stereocenters. The van der Waals surface area contributed by atoms with Crippen molar-refractivity contribution in [2.24, 2.45) is 5.92 Å². The fraction of sp³-hybridized carbons (Fsp3) is 0.684. The molecule has 5 nitrogen and oxygen atoms in total. The van der Waals surface area contributed by atoms with Crippen molar-refractivity contribution in [1.29, 1.82) is 0 Å². The average molecular weight is 334 g/mol. The van der Waals surface area contributed by atoms with Gasteiger partial charge in [-0.15, -0.1) is 0 Å². The van der Waals surface area contributed by atoms with E-state index >= 15 is 0 Å². The van der Waals surface area contributed by atoms with Crippen LogP contribution in [-0.4, -0.2) is 57.6 Å². The van der Waals surface area contributed by atoms with Crippen molar-refractivity contribution in [1.82, 2.24) is 10.2 Å². The summed E-state index contributed by atoms with van der Waals surface area (Å²) in [4.78, 5) is 2.52. The molecule has 1 spiro atoms. The van der Waals surface area contributed by atoms with Crippen LogP contribution in [0.5, 0.6) is 11.5 Å². The molecule has 0 radical (unpaired) electrons. The number of fused-ring (bicyclic) bond motifs is 1. The summed E-state index contributed by atoms with van der Waals surface area (Å²) < 4.78 is 15.9. The van der Waals surface area contributed by atoms with Crippen LogP contribution >= 0.6 is 0 Å². The molecule has 24 heavy (non-hydrogen) atoms. The highest BCUT2D eigenvalue weighted by molar-refractivity contribution is 5.39. The second kappa shape index (κ2) is 7.72. The van der Waals surface area contributed by atoms with E-state index < -0.39 is 0 Å². The van der Waals surface area contributed by atoms with Gasteiger partial charge in [0.2, 0.25) is 0 Å². The summed E-state index contributed by atoms with van der Waals surface area (Å²) in [5, 5.41) is 3.56. The Labute approximate surface area is 145 Å². The fourth-order valence-corrected chi connectivity index (χ4v) is 4.26. The highest BCUT2D eigenvalue weighted by atomic mass is 16.5. The molecule has 134 valence electrons. The summed E-state index contributed by atoms with van der Waals surface area (Å²) in [6.07, 6.45) is 5.18. The van der Waals surface area contributed by atoms with Crippen LogP contribution in [0.2, 0.25) is 0 Å². The minimum absolute atomic E-state index is 0.0553. The molecule has 0 amide bonds. The predicted molar refractivity (Wildman–Crippen MR) is 94.6 cm³/mol. The summed E-state index contributed by atoms with van der Waals surface area (Å²) in [5.41, 5.74) is 0.0553. The lowest BCUT2D eigenvalue weighted by atomic mass is 9.80. The van der Waals surface area contributed by atoms with E-state index in [0.717, 1.165) is 36.6 Å². The van der Waals surface area contributed by atoms with E-state index in [4.69, 9.17) is 14.2 Å². The normalized spacial score (nSPS) is 32.1. The molecule has 0 aromatic heterocycles. The van der Waals surface area contributed by atoms with Gasteiger partial charge in [-0.2, -0.15) is 0 Å². The van der Waals surface area contributed by atoms with Gasteiger partial charge in [-0.1, -0.05) is 12.1 Å². The van der Waals surface area contributed by atoms with E-state index in [0.29, 0.717) is 0 Å². The Hall–Kier alpha value is -1.30. The third-order valence-electron chi connectivity index (χ3n) is 5.64. The van der Waals surface area contributed by atoms with Gasteiger partial charge in [0.25, 0.3) is 0 Å². The highest BCUT2D eigenvalue weighted by Gasteiger charge is 2.46. The number of rotatable bonds is 2. The summed E-state index contributed by atoms with van der Waals surface area (Å²) in [6.45, 7) is 3.23. The molecule has 2 aliphatic heterocycles. The molecule has 5 heteroatoms. The Morgan fingerprint density at radius 2 is 1.88 bits per heavy atom. The molecule has 1 aliphatic carbocycles. The number of nitrogens with one attached hydrogen (secondary N) is 1. The van der Waals surface area contributed by atoms with Crippen molar-refractivity contribution in [3.05, 3.63) is 24.3 Å². The number of benzene rings is 1. The maximum Gasteiger partial charge on any atom is 0.160 e. The molecular weight excluding hydrogens is 304 g/mol. The van der Waals surface area contributed by atoms with Crippen LogP contribution in [-0.2, 0) is 4.74 Å². The molecular formula is C19H30N2O3. The van der Waals surface area contributed by atoms with Crippen LogP contribution < -0.4 is 14.8 Å². The molecule has 4 rings (SSSR count). The van der Waals surface area contributed by atoms with Gasteiger partial charge in [0, 0.05) is 19.0 Å². The number of hydrogen-bond donors (Lipinski definition) is 1. The van der Waals surface area contributed by atoms with E-state index in [1.54, 1.807) is 14.2 Å². The first kappa shape index (κ1) is 17.5. The van der Waals surface area contributed by atoms with Gasteiger partial charge in [-0.25, -0.2) is 0 Å². The summed E-state index contributed by atoms with van der Waals surface area (Å²) >= 11 is 0. The lowest BCUT2D eigenvalue weighted by Crippen LogP contribution is -2.51. The van der Waals surface area contributed by atoms with Crippen molar-refractivity contribution in [3.8, 4) is 11.5 Å². The summed E-state index contributed by atoms with van der Waals surface area (Å²) in [5.74, 6) is 2.48. The smallest absolute Gasteiger partial charge is 0.160 e. The van der Waals surface area contributed by atoms with Crippen LogP contribution in [0, 0.1) is 5.92 Å². The third kappa shape index (κ3) is 3.68. The first-order chi connectivity index (χ1) is 11.7. The molecule has 1 aromatic carbocycles. The first-order valence-electron chi connectivity index (χ1n) is 8.94. The fourth-order valence-electron chi connectivity index (χ4n) is 4.26. The van der Waals surface area contributed by atoms with E-state index in [9.17, 15) is 0 Å². The van der Waals surface area contributed by atoms with Gasteiger partial charge >= 0.3 is 0 Å². The highest BCUT2D eigenvalue weighted by Crippen LogP contribution is 2.41. The van der Waals surface area contributed by atoms with Crippen LogP contribution in [0.4, 0.5) is 0 Å². The zero-order valence-corrected chi connectivity index (χ0v) is 15.1. The topological polar surface area (TPSA) is 43.0 Å². The van der Waals surface area contributed by atoms with E-state index in [-0.39, 0.29) is 5.72 Å². The molecule has 3 aliphatic rings. The molecule has 1 N–H and O–H groups in total. The zero-order chi connectivity index (χ0) is 17.0. The molecule has 3 atom stereocenters. The molecule has 2 saturated heterocycles. The lowest BCUT2D eigenvalue weighted by molar-refractivity contribution is -0.0643. The maximum atomic E-state index is 5.90. The van der Waals surface area contributed by atoms with E-state index in [1.807, 2.05) is 24.3 Å². The van der Waals surface area contributed by atoms with Gasteiger partial charge in [0.1, 0.15) is 5.72 Å². The minimum Gasteiger partial charge on any atom is -0.493 e. The summed E-state index contributed by atoms with van der Waals surface area (Å²) in [7, 11) is 5.51.